The van der Waals surface area contributed by atoms with Gasteiger partial charge < -0.3 is 15.5 Å². The van der Waals surface area contributed by atoms with E-state index in [2.05, 4.69) is 5.32 Å². The van der Waals surface area contributed by atoms with Crippen molar-refractivity contribution in [3.8, 4) is 0 Å². The number of nitrogens with one attached hydrogen (secondary N) is 1. The van der Waals surface area contributed by atoms with Crippen LogP contribution in [0.15, 0.2) is 11.3 Å². The lowest BCUT2D eigenvalue weighted by atomic mass is 10.1. The topological polar surface area (TPSA) is 86.6 Å². The maximum atomic E-state index is 10.6. The highest BCUT2D eigenvalue weighted by Crippen LogP contribution is 2.10. The Kier molecular flexibility index (Phi) is 1.80. The third-order valence-electron chi connectivity index (χ3n) is 1.42. The number of carboxylic acid groups (broad SMARTS) is 1. The molecule has 0 aliphatic carbocycles. The molecule has 1 aliphatic heterocycles. The van der Waals surface area contributed by atoms with Crippen LogP contribution in [0.3, 0.4) is 0 Å². The van der Waals surface area contributed by atoms with Crippen molar-refractivity contribution in [2.75, 3.05) is 6.54 Å². The molecule has 0 spiro atoms. The van der Waals surface area contributed by atoms with E-state index in [1.165, 1.54) is 0 Å². The lowest BCUT2D eigenvalue weighted by molar-refractivity contribution is -0.134. The van der Waals surface area contributed by atoms with Gasteiger partial charge in [-0.1, -0.05) is 0 Å². The molecular weight excluding hydrogens is 150 g/mol. The van der Waals surface area contributed by atoms with Gasteiger partial charge in [0.2, 0.25) is 0 Å². The normalized spacial score (nSPS) is 18.0. The van der Waals surface area contributed by atoms with Crippen LogP contribution in [0.5, 0.6) is 0 Å². The second-order valence-electron chi connectivity index (χ2n) is 2.14. The van der Waals surface area contributed by atoms with Crippen LogP contribution >= 0.6 is 0 Å². The summed E-state index contributed by atoms with van der Waals surface area (Å²) >= 11 is 0. The summed E-state index contributed by atoms with van der Waals surface area (Å²) in [4.78, 5) is 20.9. The predicted molar refractivity (Wildman–Crippen MR) is 34.9 cm³/mol. The molecule has 0 aromatic rings. The van der Waals surface area contributed by atoms with Gasteiger partial charge >= 0.3 is 5.97 Å². The fourth-order valence-corrected chi connectivity index (χ4v) is 0.848. The zero-order valence-corrected chi connectivity index (χ0v) is 5.63. The summed E-state index contributed by atoms with van der Waals surface area (Å²) in [7, 11) is 0. The van der Waals surface area contributed by atoms with E-state index in [1.807, 2.05) is 0 Å². The number of amides is 1. The third kappa shape index (κ3) is 1.31. The molecular formula is C6H7NO4. The van der Waals surface area contributed by atoms with E-state index >= 15 is 0 Å². The Morgan fingerprint density at radius 1 is 1.55 bits per heavy atom. The van der Waals surface area contributed by atoms with Gasteiger partial charge in [-0.25, -0.2) is 4.79 Å². The van der Waals surface area contributed by atoms with Crippen molar-refractivity contribution >= 4 is 11.9 Å². The van der Waals surface area contributed by atoms with E-state index in [4.69, 9.17) is 10.2 Å². The number of rotatable bonds is 1. The number of aliphatic carboxylic acids is 1. The van der Waals surface area contributed by atoms with Crippen molar-refractivity contribution in [2.24, 2.45) is 0 Å². The second-order valence-corrected chi connectivity index (χ2v) is 2.14. The lowest BCUT2D eigenvalue weighted by Crippen LogP contribution is -2.33. The Balaban J connectivity index is 2.98. The fourth-order valence-electron chi connectivity index (χ4n) is 0.848. The van der Waals surface area contributed by atoms with Gasteiger partial charge in [0.1, 0.15) is 0 Å². The predicted octanol–water partition coefficient (Wildman–Crippen LogP) is -0.597. The van der Waals surface area contributed by atoms with E-state index < -0.39 is 17.6 Å². The van der Waals surface area contributed by atoms with Gasteiger partial charge in [0.25, 0.3) is 5.91 Å². The zero-order valence-electron chi connectivity index (χ0n) is 5.63. The van der Waals surface area contributed by atoms with Crippen LogP contribution in [-0.4, -0.2) is 28.6 Å². The number of carbonyl (C=O) groups excluding carboxylic acids is 1. The first kappa shape index (κ1) is 7.59. The van der Waals surface area contributed by atoms with E-state index in [-0.39, 0.29) is 18.5 Å². The highest BCUT2D eigenvalue weighted by atomic mass is 16.4. The van der Waals surface area contributed by atoms with E-state index in [0.29, 0.717) is 0 Å². The van der Waals surface area contributed by atoms with Gasteiger partial charge in [0.15, 0.2) is 5.76 Å². The molecule has 0 saturated carbocycles. The van der Waals surface area contributed by atoms with E-state index in [0.717, 1.165) is 0 Å². The number of hydrogen-bond acceptors (Lipinski definition) is 3. The number of aliphatic hydroxyl groups excluding tert-OH is 1. The van der Waals surface area contributed by atoms with Gasteiger partial charge in [-0.05, 0) is 0 Å². The summed E-state index contributed by atoms with van der Waals surface area (Å²) in [6.45, 7) is 0.268. The molecule has 0 aromatic carbocycles. The molecule has 11 heavy (non-hydrogen) atoms. The highest BCUT2D eigenvalue weighted by Gasteiger charge is 2.23. The summed E-state index contributed by atoms with van der Waals surface area (Å²) in [5.74, 6) is -2.63. The standard InChI is InChI=1S/C6H7NO4/c8-4-3(6(10)11)1-2-7-5(4)9/h8H,1-2H2,(H,7,9)(H,10,11). The van der Waals surface area contributed by atoms with Crippen molar-refractivity contribution in [1.82, 2.24) is 5.32 Å². The smallest absolute Gasteiger partial charge is 0.335 e. The first-order chi connectivity index (χ1) is 5.13. The van der Waals surface area contributed by atoms with Crippen LogP contribution in [0.25, 0.3) is 0 Å². The molecule has 0 fully saturated rings. The third-order valence-corrected chi connectivity index (χ3v) is 1.42. The van der Waals surface area contributed by atoms with Crippen molar-refractivity contribution in [3.05, 3.63) is 11.3 Å². The minimum absolute atomic E-state index is 0.174. The number of aliphatic hydroxyl groups is 1. The van der Waals surface area contributed by atoms with Crippen molar-refractivity contribution in [1.29, 1.82) is 0 Å². The van der Waals surface area contributed by atoms with E-state index in [1.54, 1.807) is 0 Å². The largest absolute Gasteiger partial charge is 0.503 e. The lowest BCUT2D eigenvalue weighted by Gasteiger charge is -2.12. The number of carboxylic acids is 1. The fraction of sp³-hybridized carbons (Fsp3) is 0.333. The molecule has 0 aromatic heterocycles. The zero-order chi connectivity index (χ0) is 8.43. The van der Waals surface area contributed by atoms with Gasteiger partial charge in [0.05, 0.1) is 5.57 Å². The molecule has 5 heteroatoms. The summed E-state index contributed by atoms with van der Waals surface area (Å²) in [5.41, 5.74) is -0.214. The van der Waals surface area contributed by atoms with Crippen molar-refractivity contribution in [3.63, 3.8) is 0 Å². The van der Waals surface area contributed by atoms with Gasteiger partial charge in [-0.15, -0.1) is 0 Å². The first-order valence-corrected chi connectivity index (χ1v) is 3.06. The molecule has 0 radical (unpaired) electrons. The Morgan fingerprint density at radius 3 is 2.64 bits per heavy atom. The second kappa shape index (κ2) is 2.61. The van der Waals surface area contributed by atoms with Gasteiger partial charge in [-0.2, -0.15) is 0 Å². The maximum absolute atomic E-state index is 10.6. The minimum Gasteiger partial charge on any atom is -0.503 e. The Bertz CT molecular complexity index is 243. The van der Waals surface area contributed by atoms with Crippen LogP contribution < -0.4 is 5.32 Å². The van der Waals surface area contributed by atoms with Gasteiger partial charge in [0, 0.05) is 13.0 Å². The van der Waals surface area contributed by atoms with Crippen LogP contribution in [0, 0.1) is 0 Å². The average molecular weight is 157 g/mol. The molecule has 0 bridgehead atoms. The maximum Gasteiger partial charge on any atom is 0.335 e. The van der Waals surface area contributed by atoms with Crippen LogP contribution in [-0.2, 0) is 9.59 Å². The quantitative estimate of drug-likeness (QED) is 0.474. The van der Waals surface area contributed by atoms with Crippen molar-refractivity contribution < 1.29 is 19.8 Å². The summed E-state index contributed by atoms with van der Waals surface area (Å²) in [5, 5.41) is 19.6. The highest BCUT2D eigenvalue weighted by molar-refractivity contribution is 6.01. The first-order valence-electron chi connectivity index (χ1n) is 3.06. The Labute approximate surface area is 62.3 Å². The molecule has 3 N–H and O–H groups in total. The molecule has 1 aliphatic rings. The Hall–Kier alpha value is -1.52. The number of carbonyl (C=O) groups is 2. The van der Waals surface area contributed by atoms with Crippen LogP contribution in [0.1, 0.15) is 6.42 Å². The average Bonchev–Trinajstić information content (AvgIpc) is 1.94. The molecule has 0 atom stereocenters. The molecule has 5 nitrogen and oxygen atoms in total. The molecule has 60 valence electrons. The molecule has 1 heterocycles. The molecule has 0 saturated heterocycles. The molecule has 0 unspecified atom stereocenters. The minimum atomic E-state index is -1.24. The summed E-state index contributed by atoms with van der Waals surface area (Å²) in [6.07, 6.45) is 0.174. The molecule has 1 rings (SSSR count). The summed E-state index contributed by atoms with van der Waals surface area (Å²) in [6, 6.07) is 0. The van der Waals surface area contributed by atoms with Crippen LogP contribution in [0.2, 0.25) is 0 Å². The number of hydrogen-bond donors (Lipinski definition) is 3. The van der Waals surface area contributed by atoms with Crippen molar-refractivity contribution in [2.45, 2.75) is 6.42 Å². The summed E-state index contributed by atoms with van der Waals surface area (Å²) < 4.78 is 0. The molecule has 1 amide bonds. The monoisotopic (exact) mass is 157 g/mol. The van der Waals surface area contributed by atoms with Crippen LogP contribution in [0.4, 0.5) is 0 Å². The SMILES string of the molecule is O=C(O)C1=C(O)C(=O)NCC1. The van der Waals surface area contributed by atoms with Gasteiger partial charge in [-0.3, -0.25) is 4.79 Å². The Morgan fingerprint density at radius 2 is 2.18 bits per heavy atom. The van der Waals surface area contributed by atoms with E-state index in [9.17, 15) is 9.59 Å².